The van der Waals surface area contributed by atoms with E-state index in [-0.39, 0.29) is 32.1 Å². The van der Waals surface area contributed by atoms with E-state index in [1.165, 1.54) is 0 Å². The van der Waals surface area contributed by atoms with Gasteiger partial charge in [-0.2, -0.15) is 0 Å². The molecule has 0 unspecified atom stereocenters. The molecule has 4 heterocycles. The molecule has 16 nitrogen and oxygen atoms in total. The molecule has 52 heavy (non-hydrogen) atoms. The third-order valence-corrected chi connectivity index (χ3v) is 9.13. The van der Waals surface area contributed by atoms with Crippen molar-refractivity contribution in [2.24, 2.45) is 0 Å². The summed E-state index contributed by atoms with van der Waals surface area (Å²) in [7, 11) is 0. The van der Waals surface area contributed by atoms with Crippen LogP contribution in [0.1, 0.15) is 11.4 Å². The first-order valence-electron chi connectivity index (χ1n) is 17.0. The van der Waals surface area contributed by atoms with Gasteiger partial charge in [-0.1, -0.05) is 0 Å². The van der Waals surface area contributed by atoms with E-state index in [1.807, 2.05) is 43.0 Å². The summed E-state index contributed by atoms with van der Waals surface area (Å²) in [6.45, 7) is 5.57. The summed E-state index contributed by atoms with van der Waals surface area (Å²) in [5.41, 5.74) is 6.40. The van der Waals surface area contributed by atoms with Crippen molar-refractivity contribution in [2.45, 2.75) is 13.8 Å². The highest BCUT2D eigenvalue weighted by molar-refractivity contribution is 6.21. The van der Waals surface area contributed by atoms with Gasteiger partial charge < -0.3 is 20.6 Å². The highest BCUT2D eigenvalue weighted by atomic mass is 16.4. The molecular weight excluding hydrogens is 670 g/mol. The van der Waals surface area contributed by atoms with Gasteiger partial charge in [-0.3, -0.25) is 48.7 Å². The van der Waals surface area contributed by atoms with Crippen LogP contribution < -0.4 is 5.32 Å². The number of rotatable bonds is 9. The highest BCUT2D eigenvalue weighted by Gasteiger charge is 2.22. The lowest BCUT2D eigenvalue weighted by Crippen LogP contribution is -2.49. The number of fused-ring (bicyclic) bond motifs is 7. The maximum Gasteiger partial charge on any atom is 0.317 e. The molecule has 6 rings (SSSR count). The number of carboxylic acid groups (broad SMARTS) is 3. The second-order valence-electron chi connectivity index (χ2n) is 13.2. The molecule has 3 aromatic heterocycles. The lowest BCUT2D eigenvalue weighted by Gasteiger charge is -2.32. The van der Waals surface area contributed by atoms with Gasteiger partial charge in [0.05, 0.1) is 59.3 Å². The predicted octanol–water partition coefficient (Wildman–Crippen LogP) is 1.91. The number of carboxylic acids is 3. The van der Waals surface area contributed by atoms with Crippen molar-refractivity contribution in [2.75, 3.05) is 83.9 Å². The van der Waals surface area contributed by atoms with Crippen LogP contribution in [0, 0.1) is 13.8 Å². The number of aliphatic carboxylic acids is 3. The fourth-order valence-corrected chi connectivity index (χ4v) is 6.55. The zero-order chi connectivity index (χ0) is 36.9. The van der Waals surface area contributed by atoms with Crippen molar-refractivity contribution in [1.29, 1.82) is 0 Å². The van der Waals surface area contributed by atoms with E-state index in [0.29, 0.717) is 80.1 Å². The third kappa shape index (κ3) is 8.89. The fraction of sp³-hybridized carbons (Fsp3) is 0.389. The van der Waals surface area contributed by atoms with E-state index in [2.05, 4.69) is 5.32 Å². The van der Waals surface area contributed by atoms with Gasteiger partial charge >= 0.3 is 17.9 Å². The normalized spacial score (nSPS) is 16.2. The maximum absolute atomic E-state index is 13.5. The SMILES string of the molecule is Cc1ccc2c(n1)c1nc(C)ccc1c1nc3cc(NC(=O)CN4CCN(CC(=O)O)CCN(CC(=O)O)CCN(CC(=O)O)CC4)ccc3nc21. The molecule has 0 radical (unpaired) electrons. The molecule has 1 aliphatic heterocycles. The number of hydrogen-bond donors (Lipinski definition) is 4. The van der Waals surface area contributed by atoms with Crippen molar-refractivity contribution in [1.82, 2.24) is 39.5 Å². The average Bonchev–Trinajstić information content (AvgIpc) is 3.08. The number of benzene rings is 2. The molecule has 16 heteroatoms. The standard InChI is InChI=1S/C36H41N9O7/c1-22-3-6-25-33(37-22)34-26(7-4-23(2)38-34)36-35(25)40-27-8-5-24(17-28(27)41-36)39-29(46)18-42-9-11-43(19-30(47)48)13-15-45(21-32(51)52)16-14-44(12-10-42)20-31(49)50/h3-8,17H,9-16,18-21H2,1-2H3,(H,39,46)(H,47,48)(H,49,50)(H,51,52). The number of carbonyl (C=O) groups excluding carboxylic acids is 1. The van der Waals surface area contributed by atoms with Gasteiger partial charge in [0.1, 0.15) is 0 Å². The molecule has 0 bridgehead atoms. The summed E-state index contributed by atoms with van der Waals surface area (Å²) in [6, 6.07) is 13.2. The van der Waals surface area contributed by atoms with Crippen molar-refractivity contribution in [3.05, 3.63) is 53.9 Å². The Hall–Kier alpha value is -5.42. The Balaban J connectivity index is 1.23. The summed E-state index contributed by atoms with van der Waals surface area (Å²) >= 11 is 0. The molecule has 5 aromatic rings. The minimum atomic E-state index is -1.02. The summed E-state index contributed by atoms with van der Waals surface area (Å²) in [4.78, 5) is 74.7. The molecule has 4 N–H and O–H groups in total. The third-order valence-electron chi connectivity index (χ3n) is 9.13. The summed E-state index contributed by atoms with van der Waals surface area (Å²) in [5, 5.41) is 33.0. The van der Waals surface area contributed by atoms with Gasteiger partial charge in [0.2, 0.25) is 5.91 Å². The molecule has 2 aromatic carbocycles. The summed E-state index contributed by atoms with van der Waals surface area (Å²) < 4.78 is 0. The molecule has 1 fully saturated rings. The predicted molar refractivity (Wildman–Crippen MR) is 194 cm³/mol. The van der Waals surface area contributed by atoms with Gasteiger partial charge in [0.15, 0.2) is 0 Å². The Bertz CT molecular complexity index is 2150. The second kappa shape index (κ2) is 15.9. The largest absolute Gasteiger partial charge is 0.480 e. The molecule has 0 saturated carbocycles. The second-order valence-corrected chi connectivity index (χ2v) is 13.2. The van der Waals surface area contributed by atoms with Crippen LogP contribution in [0.25, 0.3) is 43.9 Å². The number of aromatic nitrogens is 4. The van der Waals surface area contributed by atoms with Crippen LogP contribution in [0.4, 0.5) is 5.69 Å². The van der Waals surface area contributed by atoms with Gasteiger partial charge in [-0.25, -0.2) is 9.97 Å². The van der Waals surface area contributed by atoms with Gasteiger partial charge in [0.25, 0.3) is 0 Å². The smallest absolute Gasteiger partial charge is 0.317 e. The van der Waals surface area contributed by atoms with E-state index in [0.717, 1.165) is 33.2 Å². The zero-order valence-corrected chi connectivity index (χ0v) is 29.1. The fourth-order valence-electron chi connectivity index (χ4n) is 6.55. The average molecular weight is 712 g/mol. The number of pyridine rings is 2. The molecule has 1 aliphatic rings. The highest BCUT2D eigenvalue weighted by Crippen LogP contribution is 2.33. The number of amides is 1. The quantitative estimate of drug-likeness (QED) is 0.127. The number of nitrogens with zero attached hydrogens (tertiary/aromatic N) is 8. The summed E-state index contributed by atoms with van der Waals surface area (Å²) in [6.07, 6.45) is 0. The molecule has 0 spiro atoms. The maximum atomic E-state index is 13.5. The number of aryl methyl sites for hydroxylation is 2. The van der Waals surface area contributed by atoms with Crippen LogP contribution in [0.2, 0.25) is 0 Å². The molecule has 0 atom stereocenters. The Morgan fingerprint density at radius 1 is 0.538 bits per heavy atom. The lowest BCUT2D eigenvalue weighted by molar-refractivity contribution is -0.140. The van der Waals surface area contributed by atoms with Crippen LogP contribution in [-0.2, 0) is 19.2 Å². The van der Waals surface area contributed by atoms with E-state index >= 15 is 0 Å². The van der Waals surface area contributed by atoms with Gasteiger partial charge in [0, 0.05) is 80.2 Å². The van der Waals surface area contributed by atoms with Crippen LogP contribution in [0.5, 0.6) is 0 Å². The minimum absolute atomic E-state index is 0.0253. The first kappa shape index (κ1) is 36.4. The van der Waals surface area contributed by atoms with Crippen LogP contribution in [-0.4, -0.2) is 157 Å². The van der Waals surface area contributed by atoms with Crippen molar-refractivity contribution >= 4 is 73.4 Å². The van der Waals surface area contributed by atoms with Crippen LogP contribution in [0.3, 0.4) is 0 Å². The lowest BCUT2D eigenvalue weighted by atomic mass is 10.1. The van der Waals surface area contributed by atoms with Crippen molar-refractivity contribution < 1.29 is 34.5 Å². The Labute approximate surface area is 298 Å². The number of nitrogens with one attached hydrogen (secondary N) is 1. The summed E-state index contributed by atoms with van der Waals surface area (Å²) in [5.74, 6) is -3.35. The van der Waals surface area contributed by atoms with E-state index in [1.54, 1.807) is 32.9 Å². The van der Waals surface area contributed by atoms with E-state index in [9.17, 15) is 34.5 Å². The molecule has 1 saturated heterocycles. The van der Waals surface area contributed by atoms with Crippen LogP contribution in [0.15, 0.2) is 42.5 Å². The van der Waals surface area contributed by atoms with Crippen molar-refractivity contribution in [3.8, 4) is 0 Å². The van der Waals surface area contributed by atoms with Crippen molar-refractivity contribution in [3.63, 3.8) is 0 Å². The minimum Gasteiger partial charge on any atom is -0.480 e. The van der Waals surface area contributed by atoms with Crippen LogP contribution >= 0.6 is 0 Å². The van der Waals surface area contributed by atoms with Gasteiger partial charge in [-0.15, -0.1) is 0 Å². The first-order valence-corrected chi connectivity index (χ1v) is 17.0. The van der Waals surface area contributed by atoms with Gasteiger partial charge in [-0.05, 0) is 56.3 Å². The molecule has 1 amide bonds. The topological polar surface area (TPSA) is 206 Å². The zero-order valence-electron chi connectivity index (χ0n) is 29.1. The van der Waals surface area contributed by atoms with E-state index in [4.69, 9.17) is 19.9 Å². The monoisotopic (exact) mass is 711 g/mol. The Kier molecular flexibility index (Phi) is 11.1. The number of anilines is 1. The molecule has 0 aliphatic carbocycles. The van der Waals surface area contributed by atoms with E-state index < -0.39 is 17.9 Å². The first-order chi connectivity index (χ1) is 24.9. The molecule has 272 valence electrons. The molecular formula is C36H41N9O7. The number of hydrogen-bond acceptors (Lipinski definition) is 12. The number of carbonyl (C=O) groups is 4. The Morgan fingerprint density at radius 3 is 1.35 bits per heavy atom. The Morgan fingerprint density at radius 2 is 0.923 bits per heavy atom.